The first kappa shape index (κ1) is 13.7. The van der Waals surface area contributed by atoms with Gasteiger partial charge >= 0.3 is 0 Å². The van der Waals surface area contributed by atoms with Gasteiger partial charge in [0.1, 0.15) is 23.2 Å². The van der Waals surface area contributed by atoms with Crippen molar-refractivity contribution in [1.29, 1.82) is 5.26 Å². The van der Waals surface area contributed by atoms with Crippen LogP contribution in [0, 0.1) is 17.1 Å². The summed E-state index contributed by atoms with van der Waals surface area (Å²) in [5.74, 6) is -0.512. The number of rotatable bonds is 3. The number of H-pyrrole nitrogens is 1. The second kappa shape index (κ2) is 5.24. The Morgan fingerprint density at radius 2 is 2.38 bits per heavy atom. The smallest absolute Gasteiger partial charge is 0.140 e. The van der Waals surface area contributed by atoms with E-state index >= 15 is 0 Å². The van der Waals surface area contributed by atoms with Crippen LogP contribution in [0.15, 0.2) is 24.4 Å². The number of benzene rings is 1. The molecular formula is C14H14FN5O. The van der Waals surface area contributed by atoms with Crippen LogP contribution < -0.4 is 0 Å². The monoisotopic (exact) mass is 287 g/mol. The Kier molecular flexibility index (Phi) is 3.41. The number of nitriles is 1. The van der Waals surface area contributed by atoms with Crippen molar-refractivity contribution in [3.8, 4) is 6.07 Å². The van der Waals surface area contributed by atoms with E-state index in [-0.39, 0.29) is 5.56 Å². The molecule has 0 saturated carbocycles. The van der Waals surface area contributed by atoms with Crippen LogP contribution in [0.1, 0.15) is 23.2 Å². The molecular weight excluding hydrogens is 273 g/mol. The maximum Gasteiger partial charge on any atom is 0.140 e. The van der Waals surface area contributed by atoms with Crippen molar-refractivity contribution in [2.75, 3.05) is 13.1 Å². The zero-order valence-corrected chi connectivity index (χ0v) is 11.3. The van der Waals surface area contributed by atoms with Crippen LogP contribution in [-0.2, 0) is 12.1 Å². The van der Waals surface area contributed by atoms with Gasteiger partial charge in [-0.3, -0.25) is 4.90 Å². The number of hydrogen-bond acceptors (Lipinski definition) is 5. The molecule has 1 aliphatic rings. The van der Waals surface area contributed by atoms with Crippen molar-refractivity contribution in [3.63, 3.8) is 0 Å². The van der Waals surface area contributed by atoms with Crippen LogP contribution in [0.5, 0.6) is 0 Å². The van der Waals surface area contributed by atoms with E-state index in [0.717, 1.165) is 5.56 Å². The third kappa shape index (κ3) is 2.63. The molecule has 21 heavy (non-hydrogen) atoms. The van der Waals surface area contributed by atoms with E-state index in [1.165, 1.54) is 12.3 Å². The second-order valence-electron chi connectivity index (χ2n) is 5.27. The highest BCUT2D eigenvalue weighted by Crippen LogP contribution is 2.31. The van der Waals surface area contributed by atoms with Gasteiger partial charge in [-0.2, -0.15) is 20.7 Å². The van der Waals surface area contributed by atoms with Gasteiger partial charge in [0.2, 0.25) is 0 Å². The normalized spacial score (nSPS) is 22.3. The van der Waals surface area contributed by atoms with Crippen LogP contribution in [0.4, 0.5) is 4.39 Å². The summed E-state index contributed by atoms with van der Waals surface area (Å²) in [5, 5.41) is 29.6. The quantitative estimate of drug-likeness (QED) is 0.876. The van der Waals surface area contributed by atoms with E-state index in [1.54, 1.807) is 12.1 Å². The van der Waals surface area contributed by atoms with E-state index in [4.69, 9.17) is 5.26 Å². The third-order valence-corrected chi connectivity index (χ3v) is 3.78. The fraction of sp³-hybridized carbons (Fsp3) is 0.357. The highest BCUT2D eigenvalue weighted by Gasteiger charge is 2.39. The fourth-order valence-electron chi connectivity index (χ4n) is 2.66. The molecule has 1 saturated heterocycles. The van der Waals surface area contributed by atoms with Crippen molar-refractivity contribution >= 4 is 0 Å². The Hall–Kier alpha value is -2.30. The van der Waals surface area contributed by atoms with Gasteiger partial charge in [-0.15, -0.1) is 0 Å². The third-order valence-electron chi connectivity index (χ3n) is 3.78. The van der Waals surface area contributed by atoms with E-state index in [1.807, 2.05) is 11.0 Å². The predicted octanol–water partition coefficient (Wildman–Crippen LogP) is 0.909. The molecule has 0 radical (unpaired) electrons. The first-order valence-corrected chi connectivity index (χ1v) is 6.60. The first-order valence-electron chi connectivity index (χ1n) is 6.60. The van der Waals surface area contributed by atoms with Gasteiger partial charge in [0.15, 0.2) is 0 Å². The summed E-state index contributed by atoms with van der Waals surface area (Å²) in [7, 11) is 0. The van der Waals surface area contributed by atoms with Gasteiger partial charge in [0.05, 0.1) is 11.8 Å². The van der Waals surface area contributed by atoms with Crippen LogP contribution in [0.2, 0.25) is 0 Å². The zero-order valence-electron chi connectivity index (χ0n) is 11.3. The van der Waals surface area contributed by atoms with Gasteiger partial charge in [-0.1, -0.05) is 6.07 Å². The molecule has 0 aliphatic carbocycles. The highest BCUT2D eigenvalue weighted by atomic mass is 19.1. The van der Waals surface area contributed by atoms with Crippen molar-refractivity contribution in [2.45, 2.75) is 18.6 Å². The van der Waals surface area contributed by atoms with Gasteiger partial charge in [-0.05, 0) is 24.1 Å². The first-order chi connectivity index (χ1) is 10.1. The molecule has 108 valence electrons. The molecule has 2 N–H and O–H groups in total. The molecule has 1 aromatic carbocycles. The summed E-state index contributed by atoms with van der Waals surface area (Å²) >= 11 is 0. The minimum atomic E-state index is -1.01. The molecule has 0 bridgehead atoms. The number of aromatic amines is 1. The van der Waals surface area contributed by atoms with E-state index in [2.05, 4.69) is 15.4 Å². The van der Waals surface area contributed by atoms with Crippen molar-refractivity contribution in [1.82, 2.24) is 20.3 Å². The minimum Gasteiger partial charge on any atom is -0.382 e. The zero-order chi connectivity index (χ0) is 14.9. The van der Waals surface area contributed by atoms with E-state index < -0.39 is 11.4 Å². The average Bonchev–Trinajstić information content (AvgIpc) is 3.12. The van der Waals surface area contributed by atoms with Gasteiger partial charge in [0.25, 0.3) is 0 Å². The molecule has 1 atom stereocenters. The molecule has 0 spiro atoms. The Morgan fingerprint density at radius 1 is 1.52 bits per heavy atom. The van der Waals surface area contributed by atoms with E-state index in [9.17, 15) is 9.50 Å². The second-order valence-corrected chi connectivity index (χ2v) is 5.27. The molecule has 1 fully saturated rings. The Bertz CT molecular complexity index is 681. The van der Waals surface area contributed by atoms with Crippen LogP contribution in [-0.4, -0.2) is 38.5 Å². The minimum absolute atomic E-state index is 0.0402. The molecule has 7 heteroatoms. The Balaban J connectivity index is 1.72. The van der Waals surface area contributed by atoms with Crippen LogP contribution >= 0.6 is 0 Å². The average molecular weight is 287 g/mol. The molecule has 2 heterocycles. The summed E-state index contributed by atoms with van der Waals surface area (Å²) in [5.41, 5.74) is 0.406. The molecule has 0 unspecified atom stereocenters. The number of likely N-dealkylation sites (tertiary alicyclic amines) is 1. The predicted molar refractivity (Wildman–Crippen MR) is 71.3 cm³/mol. The van der Waals surface area contributed by atoms with Gasteiger partial charge in [-0.25, -0.2) is 4.39 Å². The largest absolute Gasteiger partial charge is 0.382 e. The number of aromatic nitrogens is 3. The number of β-amino-alcohol motifs (C(OH)–C–C–N with tert-alkyl or cyclic N) is 1. The molecule has 1 aliphatic heterocycles. The maximum absolute atomic E-state index is 13.3. The van der Waals surface area contributed by atoms with Crippen LogP contribution in [0.3, 0.4) is 0 Å². The number of nitrogens with zero attached hydrogens (tertiary/aromatic N) is 4. The number of hydrogen-bond donors (Lipinski definition) is 2. The van der Waals surface area contributed by atoms with E-state index in [0.29, 0.717) is 31.7 Å². The van der Waals surface area contributed by atoms with Crippen molar-refractivity contribution in [2.24, 2.45) is 0 Å². The number of halogens is 1. The standard InChI is InChI=1S/C14H14FN5O/c15-12-2-1-10(5-11(12)6-16)8-20-4-3-14(21,9-20)13-7-17-19-18-13/h1-2,5,7,21H,3-4,8-9H2,(H,17,18,19)/t14-/m1/s1. The molecule has 0 amide bonds. The lowest BCUT2D eigenvalue weighted by molar-refractivity contribution is 0.0409. The number of aliphatic hydroxyl groups is 1. The lowest BCUT2D eigenvalue weighted by atomic mass is 10.00. The van der Waals surface area contributed by atoms with Crippen LogP contribution in [0.25, 0.3) is 0 Å². The SMILES string of the molecule is N#Cc1cc(CN2CC[C@](O)(c3cn[nH]n3)C2)ccc1F. The summed E-state index contributed by atoms with van der Waals surface area (Å²) < 4.78 is 13.3. The van der Waals surface area contributed by atoms with Crippen molar-refractivity contribution in [3.05, 3.63) is 47.0 Å². The Morgan fingerprint density at radius 3 is 3.10 bits per heavy atom. The summed E-state index contributed by atoms with van der Waals surface area (Å²) in [6.45, 7) is 1.68. The number of nitrogens with one attached hydrogen (secondary N) is 1. The Labute approximate surface area is 120 Å². The molecule has 6 nitrogen and oxygen atoms in total. The summed E-state index contributed by atoms with van der Waals surface area (Å²) in [6.07, 6.45) is 2.08. The van der Waals surface area contributed by atoms with Crippen molar-refractivity contribution < 1.29 is 9.50 Å². The van der Waals surface area contributed by atoms with Gasteiger partial charge < -0.3 is 5.11 Å². The lowest BCUT2D eigenvalue weighted by Gasteiger charge is -2.21. The molecule has 1 aromatic heterocycles. The summed E-state index contributed by atoms with van der Waals surface area (Å²) in [4.78, 5) is 2.04. The molecule has 3 rings (SSSR count). The maximum atomic E-state index is 13.3. The fourth-order valence-corrected chi connectivity index (χ4v) is 2.66. The van der Waals surface area contributed by atoms with Gasteiger partial charge in [0, 0.05) is 19.6 Å². The summed E-state index contributed by atoms with van der Waals surface area (Å²) in [6, 6.07) is 6.33. The molecule has 2 aromatic rings. The lowest BCUT2D eigenvalue weighted by Crippen LogP contribution is -2.31. The topological polar surface area (TPSA) is 88.8 Å². The highest BCUT2D eigenvalue weighted by molar-refractivity contribution is 5.34.